The number of hydrogen-bond donors (Lipinski definition) is 1. The Morgan fingerprint density at radius 1 is 1.18 bits per heavy atom. The Kier molecular flexibility index (Phi) is 7.29. The first-order valence-electron chi connectivity index (χ1n) is 8.57. The van der Waals surface area contributed by atoms with E-state index in [0.29, 0.717) is 11.6 Å². The largest absolute Gasteiger partial charge is 0.482 e. The van der Waals surface area contributed by atoms with Crippen molar-refractivity contribution in [1.82, 2.24) is 9.97 Å². The zero-order valence-corrected chi connectivity index (χ0v) is 16.9. The van der Waals surface area contributed by atoms with E-state index in [-0.39, 0.29) is 23.8 Å². The molecule has 1 heterocycles. The molecular formula is C19H22F3N3O2S. The van der Waals surface area contributed by atoms with Gasteiger partial charge < -0.3 is 10.1 Å². The van der Waals surface area contributed by atoms with E-state index >= 15 is 0 Å². The van der Waals surface area contributed by atoms with E-state index in [1.165, 1.54) is 23.9 Å². The van der Waals surface area contributed by atoms with Crippen LogP contribution in [0, 0.1) is 20.8 Å². The summed E-state index contributed by atoms with van der Waals surface area (Å²) < 4.78 is 42.2. The number of amides is 1. The van der Waals surface area contributed by atoms with Crippen molar-refractivity contribution in [3.05, 3.63) is 40.7 Å². The van der Waals surface area contributed by atoms with E-state index in [9.17, 15) is 18.0 Å². The summed E-state index contributed by atoms with van der Waals surface area (Å²) in [4.78, 5) is 21.1. The Balaban J connectivity index is 2.05. The lowest BCUT2D eigenvalue weighted by atomic mass is 10.1. The number of ether oxygens (including phenoxy) is 1. The third-order valence-electron chi connectivity index (χ3n) is 3.99. The number of carbonyl (C=O) groups excluding carboxylic acids is 1. The van der Waals surface area contributed by atoms with E-state index in [1.54, 1.807) is 13.0 Å². The Bertz CT molecular complexity index is 834. The maximum Gasteiger partial charge on any atom is 0.422 e. The predicted molar refractivity (Wildman–Crippen MR) is 103 cm³/mol. The van der Waals surface area contributed by atoms with Gasteiger partial charge in [0.15, 0.2) is 11.8 Å². The number of benzene rings is 1. The van der Waals surface area contributed by atoms with Gasteiger partial charge in [0.2, 0.25) is 5.91 Å². The Hall–Kier alpha value is -2.29. The average molecular weight is 413 g/mol. The van der Waals surface area contributed by atoms with Crippen LogP contribution >= 0.6 is 11.8 Å². The molecule has 0 unspecified atom stereocenters. The molecule has 0 radical (unpaired) electrons. The molecule has 0 fully saturated rings. The SMILES string of the molecule is CSc1nc(C)c(CCC(=O)Nc2ccc(C)cc2OCC(F)(F)F)c(C)n1. The van der Waals surface area contributed by atoms with Crippen LogP contribution in [0.4, 0.5) is 18.9 Å². The van der Waals surface area contributed by atoms with Crippen LogP contribution < -0.4 is 10.1 Å². The molecule has 28 heavy (non-hydrogen) atoms. The Labute approximate surface area is 166 Å². The second-order valence-corrected chi connectivity index (χ2v) is 7.08. The third kappa shape index (κ3) is 6.40. The summed E-state index contributed by atoms with van der Waals surface area (Å²) in [5.74, 6) is -0.334. The van der Waals surface area contributed by atoms with Gasteiger partial charge in [-0.05, 0) is 56.7 Å². The van der Waals surface area contributed by atoms with Crippen molar-refractivity contribution in [2.75, 3.05) is 18.2 Å². The van der Waals surface area contributed by atoms with Gasteiger partial charge in [0.25, 0.3) is 0 Å². The molecule has 1 N–H and O–H groups in total. The van der Waals surface area contributed by atoms with Crippen LogP contribution in [0.5, 0.6) is 5.75 Å². The fourth-order valence-corrected chi connectivity index (χ4v) is 3.08. The second kappa shape index (κ2) is 9.27. The quantitative estimate of drug-likeness (QED) is 0.529. The van der Waals surface area contributed by atoms with E-state index in [0.717, 1.165) is 22.5 Å². The minimum absolute atomic E-state index is 0.00862. The molecule has 1 aromatic heterocycles. The van der Waals surface area contributed by atoms with E-state index in [1.807, 2.05) is 20.1 Å². The van der Waals surface area contributed by atoms with Crippen molar-refractivity contribution < 1.29 is 22.7 Å². The lowest BCUT2D eigenvalue weighted by Crippen LogP contribution is -2.20. The zero-order chi connectivity index (χ0) is 20.9. The second-order valence-electron chi connectivity index (χ2n) is 6.31. The standard InChI is InChI=1S/C19H22F3N3O2S/c1-11-5-7-15(16(9-11)27-10-19(20,21)22)25-17(26)8-6-14-12(2)23-18(28-4)24-13(14)3/h5,7,9H,6,8,10H2,1-4H3,(H,25,26). The van der Waals surface area contributed by atoms with Gasteiger partial charge in [0.05, 0.1) is 5.69 Å². The molecule has 2 rings (SSSR count). The van der Waals surface area contributed by atoms with Gasteiger partial charge in [-0.25, -0.2) is 9.97 Å². The molecular weight excluding hydrogens is 391 g/mol. The van der Waals surface area contributed by atoms with Gasteiger partial charge >= 0.3 is 6.18 Å². The Morgan fingerprint density at radius 3 is 2.39 bits per heavy atom. The summed E-state index contributed by atoms with van der Waals surface area (Å²) in [5.41, 5.74) is 3.46. The van der Waals surface area contributed by atoms with Crippen LogP contribution in [-0.4, -0.2) is 34.9 Å². The highest BCUT2D eigenvalue weighted by atomic mass is 32.2. The first-order chi connectivity index (χ1) is 13.1. The van der Waals surface area contributed by atoms with Crippen LogP contribution in [0.15, 0.2) is 23.4 Å². The molecule has 0 aliphatic rings. The van der Waals surface area contributed by atoms with Crippen LogP contribution in [0.25, 0.3) is 0 Å². The number of anilines is 1. The molecule has 152 valence electrons. The van der Waals surface area contributed by atoms with Crippen molar-refractivity contribution in [3.8, 4) is 5.75 Å². The number of carbonyl (C=O) groups is 1. The summed E-state index contributed by atoms with van der Waals surface area (Å²) in [6.07, 6.45) is -1.98. The van der Waals surface area contributed by atoms with Crippen LogP contribution in [0.1, 0.15) is 28.9 Å². The average Bonchev–Trinajstić information content (AvgIpc) is 2.60. The fraction of sp³-hybridized carbons (Fsp3) is 0.421. The Morgan fingerprint density at radius 2 is 1.82 bits per heavy atom. The minimum atomic E-state index is -4.46. The van der Waals surface area contributed by atoms with Crippen molar-refractivity contribution in [3.63, 3.8) is 0 Å². The van der Waals surface area contributed by atoms with Crippen LogP contribution in [0.2, 0.25) is 0 Å². The van der Waals surface area contributed by atoms with E-state index < -0.39 is 12.8 Å². The van der Waals surface area contributed by atoms with Crippen molar-refractivity contribution in [2.45, 2.75) is 44.9 Å². The number of halogens is 3. The summed E-state index contributed by atoms with van der Waals surface area (Å²) >= 11 is 1.45. The lowest BCUT2D eigenvalue weighted by Gasteiger charge is -2.15. The molecule has 1 aromatic carbocycles. The van der Waals surface area contributed by atoms with Crippen LogP contribution in [-0.2, 0) is 11.2 Å². The summed E-state index contributed by atoms with van der Waals surface area (Å²) in [6, 6.07) is 4.69. The first-order valence-corrected chi connectivity index (χ1v) is 9.79. The predicted octanol–water partition coefficient (Wildman–Crippen LogP) is 4.64. The normalized spacial score (nSPS) is 11.4. The number of alkyl halides is 3. The smallest absolute Gasteiger partial charge is 0.422 e. The maximum absolute atomic E-state index is 12.4. The van der Waals surface area contributed by atoms with Crippen molar-refractivity contribution >= 4 is 23.4 Å². The van der Waals surface area contributed by atoms with Gasteiger partial charge in [-0.15, -0.1) is 0 Å². The maximum atomic E-state index is 12.4. The highest BCUT2D eigenvalue weighted by molar-refractivity contribution is 7.98. The third-order valence-corrected chi connectivity index (χ3v) is 4.54. The molecule has 0 aliphatic heterocycles. The number of nitrogens with zero attached hydrogens (tertiary/aromatic N) is 2. The topological polar surface area (TPSA) is 64.1 Å². The van der Waals surface area contributed by atoms with E-state index in [4.69, 9.17) is 4.74 Å². The molecule has 2 aromatic rings. The molecule has 0 saturated carbocycles. The monoisotopic (exact) mass is 413 g/mol. The number of thioether (sulfide) groups is 1. The number of aryl methyl sites for hydroxylation is 3. The van der Waals surface area contributed by atoms with Gasteiger partial charge in [0, 0.05) is 17.8 Å². The molecule has 0 bridgehead atoms. The van der Waals surface area contributed by atoms with Crippen LogP contribution in [0.3, 0.4) is 0 Å². The number of hydrogen-bond acceptors (Lipinski definition) is 5. The minimum Gasteiger partial charge on any atom is -0.482 e. The zero-order valence-electron chi connectivity index (χ0n) is 16.1. The lowest BCUT2D eigenvalue weighted by molar-refractivity contribution is -0.153. The molecule has 0 spiro atoms. The van der Waals surface area contributed by atoms with Gasteiger partial charge in [-0.1, -0.05) is 17.8 Å². The van der Waals surface area contributed by atoms with E-state index in [2.05, 4.69) is 15.3 Å². The molecule has 9 heteroatoms. The summed E-state index contributed by atoms with van der Waals surface area (Å²) in [5, 5.41) is 3.30. The highest BCUT2D eigenvalue weighted by Crippen LogP contribution is 2.28. The number of nitrogens with one attached hydrogen (secondary N) is 1. The summed E-state index contributed by atoms with van der Waals surface area (Å²) in [7, 11) is 0. The van der Waals surface area contributed by atoms with Crippen molar-refractivity contribution in [1.29, 1.82) is 0 Å². The number of rotatable bonds is 7. The van der Waals surface area contributed by atoms with Crippen molar-refractivity contribution in [2.24, 2.45) is 0 Å². The van der Waals surface area contributed by atoms with Gasteiger partial charge in [-0.3, -0.25) is 4.79 Å². The summed E-state index contributed by atoms with van der Waals surface area (Å²) in [6.45, 7) is 4.04. The molecule has 0 saturated heterocycles. The molecule has 5 nitrogen and oxygen atoms in total. The molecule has 0 aliphatic carbocycles. The van der Waals surface area contributed by atoms with Gasteiger partial charge in [-0.2, -0.15) is 13.2 Å². The molecule has 0 atom stereocenters. The first kappa shape index (κ1) is 22.0. The van der Waals surface area contributed by atoms with Gasteiger partial charge in [0.1, 0.15) is 5.75 Å². The number of aromatic nitrogens is 2. The fourth-order valence-electron chi connectivity index (χ4n) is 2.62. The molecule has 1 amide bonds. The highest BCUT2D eigenvalue weighted by Gasteiger charge is 2.29.